The minimum atomic E-state index is -0.629. The summed E-state index contributed by atoms with van der Waals surface area (Å²) in [6, 6.07) is 2.16. The second kappa shape index (κ2) is 4.31. The van der Waals surface area contributed by atoms with E-state index in [2.05, 4.69) is 10.3 Å². The van der Waals surface area contributed by atoms with E-state index in [1.54, 1.807) is 4.40 Å². The molecule has 0 aliphatic heterocycles. The quantitative estimate of drug-likeness (QED) is 0.783. The fraction of sp³-hybridized carbons (Fsp3) is 0.308. The van der Waals surface area contributed by atoms with Crippen molar-refractivity contribution in [2.75, 3.05) is 13.6 Å². The maximum absolute atomic E-state index is 13.7. The van der Waals surface area contributed by atoms with E-state index >= 15 is 0 Å². The third-order valence-electron chi connectivity index (χ3n) is 3.33. The molecule has 1 N–H and O–H groups in total. The molecule has 0 radical (unpaired) electrons. The Morgan fingerprint density at radius 1 is 1.32 bits per heavy atom. The van der Waals surface area contributed by atoms with Gasteiger partial charge in [-0.15, -0.1) is 0 Å². The summed E-state index contributed by atoms with van der Waals surface area (Å²) < 4.78 is 30.6. The molecule has 0 amide bonds. The van der Waals surface area contributed by atoms with Gasteiger partial charge in [0.1, 0.15) is 11.3 Å². The highest BCUT2D eigenvalue weighted by molar-refractivity contribution is 5.80. The van der Waals surface area contributed by atoms with Gasteiger partial charge in [-0.2, -0.15) is 0 Å². The second-order valence-corrected chi connectivity index (χ2v) is 4.57. The summed E-state index contributed by atoms with van der Waals surface area (Å²) in [6.07, 6.45) is 2.70. The first kappa shape index (κ1) is 12.1. The summed E-state index contributed by atoms with van der Waals surface area (Å²) in [6.45, 7) is 0.835. The number of benzene rings is 1. The van der Waals surface area contributed by atoms with Crippen molar-refractivity contribution in [2.45, 2.75) is 6.42 Å². The maximum atomic E-state index is 13.7. The molecule has 1 aromatic carbocycles. The number of aryl methyl sites for hydroxylation is 1. The maximum Gasteiger partial charge on any atom is 0.215 e. The molecule has 3 rings (SSSR count). The predicted octanol–water partition coefficient (Wildman–Crippen LogP) is 1.87. The van der Waals surface area contributed by atoms with Gasteiger partial charge in [0.25, 0.3) is 0 Å². The topological polar surface area (TPSA) is 34.3 Å². The van der Waals surface area contributed by atoms with Crippen molar-refractivity contribution in [3.05, 3.63) is 35.7 Å². The summed E-state index contributed by atoms with van der Waals surface area (Å²) in [5, 5.41) is 3.07. The molecular weight excluding hydrogens is 250 g/mol. The lowest BCUT2D eigenvalue weighted by Gasteiger charge is -2.01. The molecule has 3 aromatic rings. The van der Waals surface area contributed by atoms with E-state index in [-0.39, 0.29) is 5.52 Å². The van der Waals surface area contributed by atoms with Crippen LogP contribution in [0.1, 0.15) is 5.69 Å². The highest BCUT2D eigenvalue weighted by Crippen LogP contribution is 2.22. The number of hydrogen-bond acceptors (Lipinski definition) is 2. The van der Waals surface area contributed by atoms with Crippen LogP contribution in [0.25, 0.3) is 16.8 Å². The molecule has 6 heteroatoms. The van der Waals surface area contributed by atoms with Crippen LogP contribution in [0, 0.1) is 11.6 Å². The Hall–Kier alpha value is -1.95. The molecule has 0 spiro atoms. The Morgan fingerprint density at radius 2 is 2.11 bits per heavy atom. The fourth-order valence-electron chi connectivity index (χ4n) is 2.32. The summed E-state index contributed by atoms with van der Waals surface area (Å²) >= 11 is 0. The third-order valence-corrected chi connectivity index (χ3v) is 3.33. The highest BCUT2D eigenvalue weighted by Gasteiger charge is 2.15. The minimum absolute atomic E-state index is 0.201. The average Bonchev–Trinajstić information content (AvgIpc) is 2.86. The molecule has 0 unspecified atom stereocenters. The zero-order valence-electron chi connectivity index (χ0n) is 10.7. The summed E-state index contributed by atoms with van der Waals surface area (Å²) in [4.78, 5) is 4.25. The lowest BCUT2D eigenvalue weighted by atomic mass is 10.3. The molecule has 0 atom stereocenters. The number of aromatic nitrogens is 3. The molecule has 19 heavy (non-hydrogen) atoms. The van der Waals surface area contributed by atoms with Crippen molar-refractivity contribution in [3.63, 3.8) is 0 Å². The fourth-order valence-corrected chi connectivity index (χ4v) is 2.32. The molecule has 4 nitrogen and oxygen atoms in total. The number of hydrogen-bond donors (Lipinski definition) is 1. The Morgan fingerprint density at radius 3 is 2.84 bits per heavy atom. The zero-order chi connectivity index (χ0) is 13.6. The summed E-state index contributed by atoms with van der Waals surface area (Å²) in [5.41, 5.74) is 1.72. The van der Waals surface area contributed by atoms with E-state index in [1.807, 2.05) is 24.9 Å². The number of nitrogens with zero attached hydrogens (tertiary/aromatic N) is 3. The molecule has 2 aromatic heterocycles. The molecule has 2 heterocycles. The number of halogens is 2. The Balaban J connectivity index is 2.25. The van der Waals surface area contributed by atoms with Gasteiger partial charge in [-0.1, -0.05) is 0 Å². The lowest BCUT2D eigenvalue weighted by Crippen LogP contribution is -2.12. The molecule has 0 bridgehead atoms. The van der Waals surface area contributed by atoms with E-state index in [9.17, 15) is 8.78 Å². The van der Waals surface area contributed by atoms with Crippen LogP contribution in [-0.2, 0) is 13.5 Å². The van der Waals surface area contributed by atoms with E-state index in [4.69, 9.17) is 0 Å². The summed E-state index contributed by atoms with van der Waals surface area (Å²) in [5.74, 6) is -0.603. The van der Waals surface area contributed by atoms with Crippen molar-refractivity contribution in [3.8, 4) is 0 Å². The Kier molecular flexibility index (Phi) is 2.74. The van der Waals surface area contributed by atoms with Crippen LogP contribution in [0.2, 0.25) is 0 Å². The Labute approximate surface area is 108 Å². The number of likely N-dealkylation sites (N-methyl/N-ethyl adjacent to an activating group) is 1. The molecule has 0 saturated carbocycles. The first-order valence-electron chi connectivity index (χ1n) is 6.08. The molecule has 0 aliphatic rings. The van der Waals surface area contributed by atoms with E-state index in [0.29, 0.717) is 11.3 Å². The largest absolute Gasteiger partial charge is 0.319 e. The van der Waals surface area contributed by atoms with Gasteiger partial charge in [-0.05, 0) is 7.05 Å². The van der Waals surface area contributed by atoms with Crippen LogP contribution in [0.15, 0.2) is 18.3 Å². The zero-order valence-corrected chi connectivity index (χ0v) is 10.7. The monoisotopic (exact) mass is 264 g/mol. The van der Waals surface area contributed by atoms with Gasteiger partial charge < -0.3 is 9.88 Å². The first-order chi connectivity index (χ1) is 9.11. The minimum Gasteiger partial charge on any atom is -0.319 e. The van der Waals surface area contributed by atoms with Gasteiger partial charge in [-0.25, -0.2) is 13.8 Å². The molecule has 0 fully saturated rings. The van der Waals surface area contributed by atoms with E-state index < -0.39 is 11.6 Å². The lowest BCUT2D eigenvalue weighted by molar-refractivity contribution is 0.590. The molecule has 0 saturated heterocycles. The van der Waals surface area contributed by atoms with Crippen molar-refractivity contribution in [1.29, 1.82) is 0 Å². The number of imidazole rings is 2. The van der Waals surface area contributed by atoms with Crippen LogP contribution in [0.3, 0.4) is 0 Å². The van der Waals surface area contributed by atoms with Crippen LogP contribution < -0.4 is 5.32 Å². The van der Waals surface area contributed by atoms with Gasteiger partial charge in [0, 0.05) is 44.0 Å². The van der Waals surface area contributed by atoms with Crippen molar-refractivity contribution >= 4 is 16.8 Å². The molecular formula is C13H14F2N4. The predicted molar refractivity (Wildman–Crippen MR) is 69.2 cm³/mol. The standard InChI is InChI=1S/C13H14F2N4/c1-16-4-3-9-7-19-11-6-8(14)5-10(15)12(11)17-13(19)18(9)2/h5-7,16H,3-4H2,1-2H3. The Bertz CT molecular complexity index is 757. The normalized spacial score (nSPS) is 11.8. The second-order valence-electron chi connectivity index (χ2n) is 4.57. The van der Waals surface area contributed by atoms with Crippen molar-refractivity contribution < 1.29 is 8.78 Å². The average molecular weight is 264 g/mol. The van der Waals surface area contributed by atoms with Crippen LogP contribution in [0.5, 0.6) is 0 Å². The van der Waals surface area contributed by atoms with Gasteiger partial charge >= 0.3 is 0 Å². The van der Waals surface area contributed by atoms with E-state index in [1.165, 1.54) is 6.07 Å². The van der Waals surface area contributed by atoms with Gasteiger partial charge in [0.2, 0.25) is 5.78 Å². The molecule has 100 valence electrons. The smallest absolute Gasteiger partial charge is 0.215 e. The molecule has 0 aliphatic carbocycles. The summed E-state index contributed by atoms with van der Waals surface area (Å²) in [7, 11) is 3.76. The number of fused-ring (bicyclic) bond motifs is 3. The van der Waals surface area contributed by atoms with Gasteiger partial charge in [-0.3, -0.25) is 4.40 Å². The van der Waals surface area contributed by atoms with Gasteiger partial charge in [0.15, 0.2) is 5.82 Å². The van der Waals surface area contributed by atoms with Crippen molar-refractivity contribution in [2.24, 2.45) is 7.05 Å². The van der Waals surface area contributed by atoms with E-state index in [0.717, 1.165) is 24.7 Å². The number of rotatable bonds is 3. The van der Waals surface area contributed by atoms with Crippen LogP contribution >= 0.6 is 0 Å². The van der Waals surface area contributed by atoms with Crippen molar-refractivity contribution in [1.82, 2.24) is 19.3 Å². The third kappa shape index (κ3) is 1.79. The number of nitrogens with one attached hydrogen (secondary N) is 1. The van der Waals surface area contributed by atoms with Crippen LogP contribution in [0.4, 0.5) is 8.78 Å². The highest BCUT2D eigenvalue weighted by atomic mass is 19.1. The first-order valence-corrected chi connectivity index (χ1v) is 6.08. The van der Waals surface area contributed by atoms with Crippen LogP contribution in [-0.4, -0.2) is 27.5 Å². The SMILES string of the molecule is CNCCc1cn2c3cc(F)cc(F)c3nc2n1C. The van der Waals surface area contributed by atoms with Gasteiger partial charge in [0.05, 0.1) is 5.52 Å².